The number of nitrogens with two attached hydrogens (primary N) is 1. The molecule has 2 bridgehead atoms. The lowest BCUT2D eigenvalue weighted by molar-refractivity contribution is -0.137. The van der Waals surface area contributed by atoms with E-state index in [0.717, 1.165) is 6.42 Å². The molecule has 8 nitrogen and oxygen atoms in total. The molecule has 8 heteroatoms. The van der Waals surface area contributed by atoms with Gasteiger partial charge in [-0.05, 0) is 12.8 Å². The number of nitrogen functional groups attached to an aromatic ring is 1. The minimum atomic E-state index is -0.386. The number of aromatic nitrogens is 4. The molecule has 2 aromatic rings. The number of aromatic amines is 1. The molecule has 0 radical (unpaired) electrons. The quantitative estimate of drug-likeness (QED) is 0.850. The molecule has 2 saturated heterocycles. The average molecular weight is 302 g/mol. The summed E-state index contributed by atoms with van der Waals surface area (Å²) in [5, 5.41) is 0. The number of fused-ring (bicyclic) bond motifs is 3. The van der Waals surface area contributed by atoms with E-state index in [-0.39, 0.29) is 24.0 Å². The summed E-state index contributed by atoms with van der Waals surface area (Å²) in [5.41, 5.74) is 7.05. The van der Waals surface area contributed by atoms with Crippen LogP contribution in [0.3, 0.4) is 0 Å². The van der Waals surface area contributed by atoms with Crippen LogP contribution in [0.2, 0.25) is 0 Å². The van der Waals surface area contributed by atoms with Gasteiger partial charge in [0.25, 0.3) is 0 Å². The van der Waals surface area contributed by atoms with Crippen LogP contribution in [0.15, 0.2) is 6.33 Å². The molecule has 2 fully saturated rings. The molecule has 116 valence electrons. The molecule has 2 aliphatic rings. The third-order valence-electron chi connectivity index (χ3n) is 4.53. The van der Waals surface area contributed by atoms with Gasteiger partial charge in [-0.25, -0.2) is 15.0 Å². The first-order valence-corrected chi connectivity index (χ1v) is 7.56. The van der Waals surface area contributed by atoms with Crippen LogP contribution in [0.4, 0.5) is 5.82 Å². The van der Waals surface area contributed by atoms with Crippen molar-refractivity contribution in [2.24, 2.45) is 0 Å². The van der Waals surface area contributed by atoms with Crippen molar-refractivity contribution in [3.63, 3.8) is 0 Å². The van der Waals surface area contributed by atoms with Crippen molar-refractivity contribution in [3.8, 4) is 0 Å². The van der Waals surface area contributed by atoms with Crippen LogP contribution in [-0.2, 0) is 9.53 Å². The fourth-order valence-electron chi connectivity index (χ4n) is 3.37. The molecular weight excluding hydrogens is 284 g/mol. The Kier molecular flexibility index (Phi) is 3.00. The maximum absolute atomic E-state index is 12.9. The number of carbonyl (C=O) groups is 1. The largest absolute Gasteiger partial charge is 0.382 e. The SMILES string of the molecule is CC[C@@H](C(=O)N1C[C@@H]2C[C@H]1CO2)c1nc(N)c2[nH]cnc2n1. The van der Waals surface area contributed by atoms with E-state index >= 15 is 0 Å². The zero-order valence-electron chi connectivity index (χ0n) is 12.3. The summed E-state index contributed by atoms with van der Waals surface area (Å²) in [5.74, 6) is 0.457. The number of morpholine rings is 1. The molecule has 4 heterocycles. The Labute approximate surface area is 127 Å². The van der Waals surface area contributed by atoms with Gasteiger partial charge in [-0.1, -0.05) is 6.92 Å². The third kappa shape index (κ3) is 1.94. The highest BCUT2D eigenvalue weighted by Crippen LogP contribution is 2.32. The molecule has 0 aromatic carbocycles. The summed E-state index contributed by atoms with van der Waals surface area (Å²) < 4.78 is 5.56. The monoisotopic (exact) mass is 302 g/mol. The highest BCUT2D eigenvalue weighted by molar-refractivity contribution is 5.86. The number of imidazole rings is 1. The second-order valence-corrected chi connectivity index (χ2v) is 5.86. The van der Waals surface area contributed by atoms with Crippen molar-refractivity contribution in [3.05, 3.63) is 12.2 Å². The van der Waals surface area contributed by atoms with E-state index in [1.807, 2.05) is 11.8 Å². The number of nitrogens with one attached hydrogen (secondary N) is 1. The van der Waals surface area contributed by atoms with Crippen LogP contribution >= 0.6 is 0 Å². The first kappa shape index (κ1) is 13.4. The molecule has 0 spiro atoms. The lowest BCUT2D eigenvalue weighted by atomic mass is 10.0. The minimum absolute atomic E-state index is 0.0626. The van der Waals surface area contributed by atoms with Gasteiger partial charge in [0.1, 0.15) is 11.3 Å². The number of H-pyrrole nitrogens is 1. The standard InChI is InChI=1S/C14H18N6O2/c1-2-9(14(21)20-4-8-3-7(20)5-22-8)12-18-11(15)10-13(19-12)17-6-16-10/h6-9H,2-5H2,1H3,(H3,15,16,17,18,19)/t7-,8-,9+/m0/s1. The second kappa shape index (κ2) is 4.91. The number of nitrogens with zero attached hydrogens (tertiary/aromatic N) is 4. The topological polar surface area (TPSA) is 110 Å². The summed E-state index contributed by atoms with van der Waals surface area (Å²) in [7, 11) is 0. The van der Waals surface area contributed by atoms with Crippen molar-refractivity contribution < 1.29 is 9.53 Å². The van der Waals surface area contributed by atoms with Crippen molar-refractivity contribution in [1.82, 2.24) is 24.8 Å². The minimum Gasteiger partial charge on any atom is -0.382 e. The molecule has 1 amide bonds. The first-order valence-electron chi connectivity index (χ1n) is 7.56. The smallest absolute Gasteiger partial charge is 0.233 e. The normalized spacial score (nSPS) is 25.0. The lowest BCUT2D eigenvalue weighted by Crippen LogP contribution is -2.44. The lowest BCUT2D eigenvalue weighted by Gasteiger charge is -2.29. The molecule has 0 aliphatic carbocycles. The van der Waals surface area contributed by atoms with E-state index in [1.54, 1.807) is 0 Å². The van der Waals surface area contributed by atoms with Gasteiger partial charge in [-0.2, -0.15) is 0 Å². The number of hydrogen-bond acceptors (Lipinski definition) is 6. The summed E-state index contributed by atoms with van der Waals surface area (Å²) in [4.78, 5) is 30.5. The predicted octanol–water partition coefficient (Wildman–Crippen LogP) is 0.428. The molecule has 22 heavy (non-hydrogen) atoms. The molecule has 3 atom stereocenters. The molecule has 0 unspecified atom stereocenters. The Morgan fingerprint density at radius 2 is 2.45 bits per heavy atom. The first-order chi connectivity index (χ1) is 10.7. The molecule has 2 aliphatic heterocycles. The number of likely N-dealkylation sites (tertiary alicyclic amines) is 1. The highest BCUT2D eigenvalue weighted by atomic mass is 16.5. The van der Waals surface area contributed by atoms with Gasteiger partial charge in [0.05, 0.1) is 31.0 Å². The highest BCUT2D eigenvalue weighted by Gasteiger charge is 2.43. The summed E-state index contributed by atoms with van der Waals surface area (Å²) in [6.45, 7) is 3.26. The number of ether oxygens (including phenoxy) is 1. The van der Waals surface area contributed by atoms with Crippen molar-refractivity contribution in [2.75, 3.05) is 18.9 Å². The summed E-state index contributed by atoms with van der Waals surface area (Å²) >= 11 is 0. The predicted molar refractivity (Wildman–Crippen MR) is 79.0 cm³/mol. The van der Waals surface area contributed by atoms with E-state index < -0.39 is 0 Å². The fraction of sp³-hybridized carbons (Fsp3) is 0.571. The maximum atomic E-state index is 12.9. The third-order valence-corrected chi connectivity index (χ3v) is 4.53. The average Bonchev–Trinajstić information content (AvgIpc) is 3.23. The number of hydrogen-bond donors (Lipinski definition) is 2. The molecule has 2 aromatic heterocycles. The van der Waals surface area contributed by atoms with E-state index in [9.17, 15) is 4.79 Å². The molecule has 3 N–H and O–H groups in total. The van der Waals surface area contributed by atoms with Gasteiger partial charge < -0.3 is 20.4 Å². The van der Waals surface area contributed by atoms with Gasteiger partial charge >= 0.3 is 0 Å². The second-order valence-electron chi connectivity index (χ2n) is 5.86. The Balaban J connectivity index is 1.66. The number of anilines is 1. The number of amides is 1. The van der Waals surface area contributed by atoms with Crippen molar-refractivity contribution in [1.29, 1.82) is 0 Å². The van der Waals surface area contributed by atoms with Gasteiger partial charge in [-0.3, -0.25) is 4.79 Å². The molecule has 0 saturated carbocycles. The van der Waals surface area contributed by atoms with Gasteiger partial charge in [0, 0.05) is 6.54 Å². The van der Waals surface area contributed by atoms with Crippen LogP contribution in [0, 0.1) is 0 Å². The maximum Gasteiger partial charge on any atom is 0.233 e. The van der Waals surface area contributed by atoms with Gasteiger partial charge in [0.2, 0.25) is 5.91 Å². The van der Waals surface area contributed by atoms with E-state index in [1.165, 1.54) is 6.33 Å². The summed E-state index contributed by atoms with van der Waals surface area (Å²) in [6.07, 6.45) is 3.28. The summed E-state index contributed by atoms with van der Waals surface area (Å²) in [6, 6.07) is 0.193. The Hall–Kier alpha value is -2.22. The van der Waals surface area contributed by atoms with E-state index in [0.29, 0.717) is 42.4 Å². The fourth-order valence-corrected chi connectivity index (χ4v) is 3.37. The number of rotatable bonds is 3. The van der Waals surface area contributed by atoms with E-state index in [4.69, 9.17) is 10.5 Å². The molecular formula is C14H18N6O2. The van der Waals surface area contributed by atoms with Gasteiger partial charge in [0.15, 0.2) is 11.5 Å². The zero-order valence-corrected chi connectivity index (χ0v) is 12.3. The van der Waals surface area contributed by atoms with Crippen LogP contribution in [0.1, 0.15) is 31.5 Å². The van der Waals surface area contributed by atoms with Gasteiger partial charge in [-0.15, -0.1) is 0 Å². The van der Waals surface area contributed by atoms with E-state index in [2.05, 4.69) is 19.9 Å². The van der Waals surface area contributed by atoms with Crippen molar-refractivity contribution >= 4 is 22.9 Å². The Morgan fingerprint density at radius 1 is 1.59 bits per heavy atom. The zero-order chi connectivity index (χ0) is 15.3. The van der Waals surface area contributed by atoms with Crippen LogP contribution in [0.25, 0.3) is 11.2 Å². The van der Waals surface area contributed by atoms with Crippen LogP contribution < -0.4 is 5.73 Å². The molecule has 4 rings (SSSR count). The van der Waals surface area contributed by atoms with Crippen LogP contribution in [-0.4, -0.2) is 56.0 Å². The Bertz CT molecular complexity index is 729. The Morgan fingerprint density at radius 3 is 3.14 bits per heavy atom. The van der Waals surface area contributed by atoms with Crippen molar-refractivity contribution in [2.45, 2.75) is 37.8 Å². The number of carbonyl (C=O) groups excluding carboxylic acids is 1. The van der Waals surface area contributed by atoms with Crippen LogP contribution in [0.5, 0.6) is 0 Å².